The molecule has 0 amide bonds. The molecule has 2 nitrogen and oxygen atoms in total. The number of pyridine rings is 1. The molecular weight excluding hydrogens is 428 g/mol. The van der Waals surface area contributed by atoms with E-state index in [1.54, 1.807) is 0 Å². The summed E-state index contributed by atoms with van der Waals surface area (Å²) in [4.78, 5) is 4.42. The van der Waals surface area contributed by atoms with Crippen LogP contribution in [0.3, 0.4) is 0 Å². The summed E-state index contributed by atoms with van der Waals surface area (Å²) in [5.74, 6) is 0.895. The first kappa shape index (κ1) is 12.3. The minimum absolute atomic E-state index is 0.166. The maximum Gasteiger partial charge on any atom is 0.159 e. The van der Waals surface area contributed by atoms with Gasteiger partial charge >= 0.3 is 0 Å². The lowest BCUT2D eigenvalue weighted by molar-refractivity contribution is 0.243. The van der Waals surface area contributed by atoms with Gasteiger partial charge in [-0.25, -0.2) is 0 Å². The van der Waals surface area contributed by atoms with Crippen molar-refractivity contribution < 1.29 is 4.74 Å². The summed E-state index contributed by atoms with van der Waals surface area (Å²) in [7, 11) is 0. The Balaban J connectivity index is 2.71. The van der Waals surface area contributed by atoms with Crippen LogP contribution in [0.15, 0.2) is 24.4 Å². The van der Waals surface area contributed by atoms with E-state index in [2.05, 4.69) is 62.3 Å². The van der Waals surface area contributed by atoms with E-state index >= 15 is 0 Å². The normalized spacial score (nSPS) is 11.1. The third-order valence-corrected chi connectivity index (χ3v) is 3.80. The molecule has 0 bridgehead atoms. The van der Waals surface area contributed by atoms with Gasteiger partial charge in [-0.05, 0) is 71.2 Å². The molecule has 2 rings (SSSR count). The third-order valence-electron chi connectivity index (χ3n) is 2.10. The van der Waals surface area contributed by atoms with Crippen molar-refractivity contribution in [2.45, 2.75) is 20.0 Å². The number of rotatable bonds is 2. The fraction of sp³-hybridized carbons (Fsp3) is 0.250. The lowest BCUT2D eigenvalue weighted by Gasteiger charge is -2.14. The van der Waals surface area contributed by atoms with Gasteiger partial charge in [0.05, 0.1) is 9.67 Å². The second kappa shape index (κ2) is 5.03. The number of hydrogen-bond acceptors (Lipinski definition) is 2. The molecule has 0 aliphatic rings. The number of ether oxygens (including phenoxy) is 1. The van der Waals surface area contributed by atoms with Gasteiger partial charge in [0.1, 0.15) is 5.52 Å². The van der Waals surface area contributed by atoms with Gasteiger partial charge in [0, 0.05) is 15.2 Å². The van der Waals surface area contributed by atoms with E-state index in [4.69, 9.17) is 4.74 Å². The average Bonchev–Trinajstić information content (AvgIpc) is 2.24. The number of aromatic nitrogens is 1. The van der Waals surface area contributed by atoms with E-state index < -0.39 is 0 Å². The average molecular weight is 439 g/mol. The van der Waals surface area contributed by atoms with Gasteiger partial charge in [-0.1, -0.05) is 6.07 Å². The molecule has 84 valence electrons. The molecule has 2 aromatic rings. The predicted octanol–water partition coefficient (Wildman–Crippen LogP) is 4.23. The van der Waals surface area contributed by atoms with E-state index in [0.29, 0.717) is 0 Å². The summed E-state index contributed by atoms with van der Waals surface area (Å²) in [6.07, 6.45) is 1.97. The van der Waals surface area contributed by atoms with Crippen molar-refractivity contribution >= 4 is 56.1 Å². The molecule has 0 N–H and O–H groups in total. The summed E-state index contributed by atoms with van der Waals surface area (Å²) in [5, 5.41) is 1.15. The number of fused-ring (bicyclic) bond motifs is 1. The van der Waals surface area contributed by atoms with Crippen molar-refractivity contribution in [3.8, 4) is 5.75 Å². The van der Waals surface area contributed by atoms with Crippen LogP contribution in [-0.2, 0) is 0 Å². The Bertz CT molecular complexity index is 526. The highest BCUT2D eigenvalue weighted by atomic mass is 127. The molecule has 16 heavy (non-hydrogen) atoms. The van der Waals surface area contributed by atoms with Crippen LogP contribution in [0.1, 0.15) is 13.8 Å². The van der Waals surface area contributed by atoms with Gasteiger partial charge < -0.3 is 4.74 Å². The highest BCUT2D eigenvalue weighted by molar-refractivity contribution is 14.1. The van der Waals surface area contributed by atoms with Gasteiger partial charge in [0.25, 0.3) is 0 Å². The maximum absolute atomic E-state index is 5.84. The minimum Gasteiger partial charge on any atom is -0.488 e. The lowest BCUT2D eigenvalue weighted by Crippen LogP contribution is -2.08. The van der Waals surface area contributed by atoms with Crippen LogP contribution in [-0.4, -0.2) is 11.1 Å². The summed E-state index contributed by atoms with van der Waals surface area (Å²) in [6.45, 7) is 4.06. The molecule has 1 heterocycles. The Morgan fingerprint density at radius 2 is 2.00 bits per heavy atom. The van der Waals surface area contributed by atoms with Crippen LogP contribution < -0.4 is 4.74 Å². The highest BCUT2D eigenvalue weighted by Crippen LogP contribution is 2.33. The second-order valence-corrected chi connectivity index (χ2v) is 6.06. The Morgan fingerprint density at radius 1 is 1.25 bits per heavy atom. The Kier molecular flexibility index (Phi) is 3.89. The number of hydrogen-bond donors (Lipinski definition) is 0. The third kappa shape index (κ3) is 2.42. The van der Waals surface area contributed by atoms with Crippen molar-refractivity contribution in [3.63, 3.8) is 0 Å². The van der Waals surface area contributed by atoms with Crippen molar-refractivity contribution in [2.75, 3.05) is 0 Å². The van der Waals surface area contributed by atoms with E-state index in [0.717, 1.165) is 20.2 Å². The highest BCUT2D eigenvalue weighted by Gasteiger charge is 2.12. The van der Waals surface area contributed by atoms with Gasteiger partial charge in [-0.2, -0.15) is 0 Å². The van der Waals surface area contributed by atoms with Crippen molar-refractivity contribution in [1.82, 2.24) is 4.98 Å². The largest absolute Gasteiger partial charge is 0.488 e. The zero-order chi connectivity index (χ0) is 11.7. The lowest BCUT2D eigenvalue weighted by atomic mass is 10.2. The second-order valence-electron chi connectivity index (χ2n) is 3.74. The van der Waals surface area contributed by atoms with E-state index in [9.17, 15) is 0 Å². The van der Waals surface area contributed by atoms with Gasteiger partial charge in [-0.15, -0.1) is 0 Å². The number of halogens is 2. The standard InChI is InChI=1S/C12H11I2NO/c1-7(2)16-12-10(14)6-9(13)8-4-3-5-15-11(8)12/h3-7H,1-2H3. The molecule has 0 unspecified atom stereocenters. The molecule has 1 aromatic carbocycles. The maximum atomic E-state index is 5.84. The van der Waals surface area contributed by atoms with Crippen LogP contribution in [0, 0.1) is 7.14 Å². The molecule has 0 aliphatic heterocycles. The number of benzene rings is 1. The van der Waals surface area contributed by atoms with Gasteiger partial charge in [0.2, 0.25) is 0 Å². The fourth-order valence-electron chi connectivity index (χ4n) is 1.49. The Morgan fingerprint density at radius 3 is 2.69 bits per heavy atom. The van der Waals surface area contributed by atoms with E-state index in [1.165, 1.54) is 3.57 Å². The van der Waals surface area contributed by atoms with E-state index in [-0.39, 0.29) is 6.10 Å². The molecule has 0 atom stereocenters. The van der Waals surface area contributed by atoms with Crippen LogP contribution in [0.4, 0.5) is 0 Å². The summed E-state index contributed by atoms with van der Waals surface area (Å²) >= 11 is 4.63. The molecule has 1 aromatic heterocycles. The van der Waals surface area contributed by atoms with Crippen LogP contribution in [0.25, 0.3) is 10.9 Å². The molecular formula is C12H11I2NO. The van der Waals surface area contributed by atoms with Gasteiger partial charge in [-0.3, -0.25) is 4.98 Å². The fourth-order valence-corrected chi connectivity index (χ4v) is 3.53. The molecule has 0 spiro atoms. The molecule has 0 saturated heterocycles. The Hall–Kier alpha value is -0.110. The predicted molar refractivity (Wildman–Crippen MR) is 82.9 cm³/mol. The topological polar surface area (TPSA) is 22.1 Å². The zero-order valence-electron chi connectivity index (χ0n) is 9.00. The minimum atomic E-state index is 0.166. The zero-order valence-corrected chi connectivity index (χ0v) is 13.3. The van der Waals surface area contributed by atoms with Crippen LogP contribution in [0.5, 0.6) is 5.75 Å². The number of nitrogens with zero attached hydrogens (tertiary/aromatic N) is 1. The molecule has 0 radical (unpaired) electrons. The molecule has 0 aliphatic carbocycles. The van der Waals surface area contributed by atoms with Gasteiger partial charge in [0.15, 0.2) is 5.75 Å². The van der Waals surface area contributed by atoms with Crippen molar-refractivity contribution in [1.29, 1.82) is 0 Å². The van der Waals surface area contributed by atoms with Crippen molar-refractivity contribution in [2.24, 2.45) is 0 Å². The SMILES string of the molecule is CC(C)Oc1c(I)cc(I)c2cccnc12. The quantitative estimate of drug-likeness (QED) is 0.654. The van der Waals surface area contributed by atoms with Crippen LogP contribution >= 0.6 is 45.2 Å². The molecule has 0 fully saturated rings. The summed E-state index contributed by atoms with van der Waals surface area (Å²) in [6, 6.07) is 6.16. The first-order valence-corrected chi connectivity index (χ1v) is 7.14. The molecule has 0 saturated carbocycles. The van der Waals surface area contributed by atoms with Crippen molar-refractivity contribution in [3.05, 3.63) is 31.5 Å². The van der Waals surface area contributed by atoms with E-state index in [1.807, 2.05) is 26.1 Å². The Labute approximate surface area is 122 Å². The summed E-state index contributed by atoms with van der Waals surface area (Å²) < 4.78 is 8.16. The monoisotopic (exact) mass is 439 g/mol. The first-order chi connectivity index (χ1) is 7.59. The first-order valence-electron chi connectivity index (χ1n) is 4.99. The smallest absolute Gasteiger partial charge is 0.159 e. The molecule has 4 heteroatoms. The van der Waals surface area contributed by atoms with Crippen LogP contribution in [0.2, 0.25) is 0 Å². The summed E-state index contributed by atoms with van der Waals surface area (Å²) in [5.41, 5.74) is 0.951.